The van der Waals surface area contributed by atoms with Crippen LogP contribution in [0.3, 0.4) is 0 Å². The molecule has 0 saturated carbocycles. The van der Waals surface area contributed by atoms with Crippen molar-refractivity contribution in [2.45, 2.75) is 71.7 Å². The zero-order valence-electron chi connectivity index (χ0n) is 12.5. The van der Waals surface area contributed by atoms with Crippen molar-refractivity contribution >= 4 is 14.1 Å². The molecule has 0 spiro atoms. The Hall–Kier alpha value is -0.413. The third kappa shape index (κ3) is 5.64. The van der Waals surface area contributed by atoms with E-state index in [1.165, 1.54) is 0 Å². The minimum Gasteiger partial charge on any atom is -0.407 e. The van der Waals surface area contributed by atoms with Crippen LogP contribution >= 0.6 is 0 Å². The molecule has 0 aliphatic rings. The van der Waals surface area contributed by atoms with E-state index in [-0.39, 0.29) is 16.9 Å². The largest absolute Gasteiger partial charge is 0.407 e. The van der Waals surface area contributed by atoms with Crippen LogP contribution in [0.1, 0.15) is 47.5 Å². The Morgan fingerprint density at radius 1 is 1.35 bits per heavy atom. The summed E-state index contributed by atoms with van der Waals surface area (Å²) in [4.78, 5) is 11.8. The average molecular weight is 256 g/mol. The van der Waals surface area contributed by atoms with Gasteiger partial charge in [-0.1, -0.05) is 40.2 Å². The maximum Gasteiger partial charge on any atom is 0.193 e. The SMILES string of the molecule is CCCC=CC(=O)[C@H](C)O[Si](C)(C)C(C)(C)C. The molecule has 17 heavy (non-hydrogen) atoms. The lowest BCUT2D eigenvalue weighted by Gasteiger charge is -2.37. The van der Waals surface area contributed by atoms with Gasteiger partial charge in [-0.05, 0) is 37.6 Å². The molecule has 3 heteroatoms. The summed E-state index contributed by atoms with van der Waals surface area (Å²) in [6, 6.07) is 0. The van der Waals surface area contributed by atoms with E-state index >= 15 is 0 Å². The van der Waals surface area contributed by atoms with Crippen molar-refractivity contribution < 1.29 is 9.22 Å². The summed E-state index contributed by atoms with van der Waals surface area (Å²) in [5.74, 6) is 0.0864. The number of rotatable bonds is 6. The highest BCUT2D eigenvalue weighted by atomic mass is 28.4. The van der Waals surface area contributed by atoms with Gasteiger partial charge in [0.2, 0.25) is 0 Å². The number of allylic oxidation sites excluding steroid dienone is 1. The van der Waals surface area contributed by atoms with Crippen LogP contribution in [-0.4, -0.2) is 20.2 Å². The van der Waals surface area contributed by atoms with Crippen LogP contribution in [0.15, 0.2) is 12.2 Å². The maximum absolute atomic E-state index is 11.8. The van der Waals surface area contributed by atoms with E-state index in [9.17, 15) is 4.79 Å². The Kier molecular flexibility index (Phi) is 6.34. The number of ketones is 1. The van der Waals surface area contributed by atoms with E-state index in [0.717, 1.165) is 12.8 Å². The normalized spacial score (nSPS) is 15.2. The smallest absolute Gasteiger partial charge is 0.193 e. The van der Waals surface area contributed by atoms with Gasteiger partial charge in [0.05, 0.1) is 0 Å². The van der Waals surface area contributed by atoms with Crippen molar-refractivity contribution in [2.24, 2.45) is 0 Å². The highest BCUT2D eigenvalue weighted by Gasteiger charge is 2.39. The molecule has 0 unspecified atom stereocenters. The molecule has 0 aromatic carbocycles. The fraction of sp³-hybridized carbons (Fsp3) is 0.786. The first-order valence-electron chi connectivity index (χ1n) is 6.50. The van der Waals surface area contributed by atoms with E-state index in [1.807, 2.05) is 13.0 Å². The lowest BCUT2D eigenvalue weighted by molar-refractivity contribution is -0.120. The van der Waals surface area contributed by atoms with Gasteiger partial charge in [-0.25, -0.2) is 0 Å². The van der Waals surface area contributed by atoms with E-state index < -0.39 is 8.32 Å². The van der Waals surface area contributed by atoms with Gasteiger partial charge in [0.15, 0.2) is 14.1 Å². The minimum absolute atomic E-state index is 0.0864. The molecule has 0 fully saturated rings. The van der Waals surface area contributed by atoms with Crippen LogP contribution in [0.4, 0.5) is 0 Å². The Labute approximate surface area is 108 Å². The van der Waals surface area contributed by atoms with Crippen LogP contribution in [0.25, 0.3) is 0 Å². The molecule has 0 aromatic rings. The van der Waals surface area contributed by atoms with E-state index in [1.54, 1.807) is 6.08 Å². The zero-order valence-corrected chi connectivity index (χ0v) is 13.5. The van der Waals surface area contributed by atoms with Gasteiger partial charge in [0, 0.05) is 0 Å². The van der Waals surface area contributed by atoms with Gasteiger partial charge >= 0.3 is 0 Å². The number of carbonyl (C=O) groups excluding carboxylic acids is 1. The van der Waals surface area contributed by atoms with Gasteiger partial charge in [0.25, 0.3) is 0 Å². The second-order valence-electron chi connectivity index (χ2n) is 6.11. The highest BCUT2D eigenvalue weighted by Crippen LogP contribution is 2.37. The molecule has 0 aliphatic carbocycles. The van der Waals surface area contributed by atoms with Crippen LogP contribution < -0.4 is 0 Å². The molecule has 0 radical (unpaired) electrons. The quantitative estimate of drug-likeness (QED) is 0.522. The monoisotopic (exact) mass is 256 g/mol. The third-order valence-electron chi connectivity index (χ3n) is 3.42. The van der Waals surface area contributed by atoms with Crippen molar-refractivity contribution in [2.75, 3.05) is 0 Å². The van der Waals surface area contributed by atoms with Crippen molar-refractivity contribution in [1.82, 2.24) is 0 Å². The second-order valence-corrected chi connectivity index (χ2v) is 10.9. The van der Waals surface area contributed by atoms with Crippen molar-refractivity contribution in [3.8, 4) is 0 Å². The number of unbranched alkanes of at least 4 members (excludes halogenated alkanes) is 1. The van der Waals surface area contributed by atoms with Gasteiger partial charge < -0.3 is 4.43 Å². The molecule has 0 heterocycles. The topological polar surface area (TPSA) is 26.3 Å². The summed E-state index contributed by atoms with van der Waals surface area (Å²) in [7, 11) is -1.83. The maximum atomic E-state index is 11.8. The Balaban J connectivity index is 4.44. The first-order valence-corrected chi connectivity index (χ1v) is 9.41. The average Bonchev–Trinajstić information content (AvgIpc) is 2.15. The molecular weight excluding hydrogens is 228 g/mol. The first-order chi connectivity index (χ1) is 7.62. The molecule has 0 aromatic heterocycles. The fourth-order valence-electron chi connectivity index (χ4n) is 1.18. The number of carbonyl (C=O) groups is 1. The van der Waals surface area contributed by atoms with Crippen LogP contribution in [0.5, 0.6) is 0 Å². The summed E-state index contributed by atoms with van der Waals surface area (Å²) >= 11 is 0. The summed E-state index contributed by atoms with van der Waals surface area (Å²) in [5, 5.41) is 0.147. The first kappa shape index (κ1) is 16.6. The highest BCUT2D eigenvalue weighted by molar-refractivity contribution is 6.74. The van der Waals surface area contributed by atoms with Gasteiger partial charge in [-0.2, -0.15) is 0 Å². The molecule has 0 rings (SSSR count). The van der Waals surface area contributed by atoms with Crippen LogP contribution in [0.2, 0.25) is 18.1 Å². The standard InChI is InChI=1S/C14H28O2Si/c1-8-9-10-11-13(15)12(2)16-17(6,7)14(3,4)5/h10-12H,8-9H2,1-7H3/t12-/m0/s1. The van der Waals surface area contributed by atoms with Crippen LogP contribution in [0, 0.1) is 0 Å². The minimum atomic E-state index is -1.83. The Morgan fingerprint density at radius 2 is 1.88 bits per heavy atom. The third-order valence-corrected chi connectivity index (χ3v) is 7.97. The summed E-state index contributed by atoms with van der Waals surface area (Å²) < 4.78 is 6.03. The molecule has 0 saturated heterocycles. The van der Waals surface area contributed by atoms with E-state index in [0.29, 0.717) is 0 Å². The molecule has 100 valence electrons. The van der Waals surface area contributed by atoms with Gasteiger partial charge in [-0.3, -0.25) is 4.79 Å². The summed E-state index contributed by atoms with van der Waals surface area (Å²) in [6.45, 7) is 14.9. The van der Waals surface area contributed by atoms with Gasteiger partial charge in [-0.15, -0.1) is 0 Å². The van der Waals surface area contributed by atoms with E-state index in [4.69, 9.17) is 4.43 Å². The van der Waals surface area contributed by atoms with Crippen molar-refractivity contribution in [3.63, 3.8) is 0 Å². The number of hydrogen-bond donors (Lipinski definition) is 0. The second kappa shape index (κ2) is 6.50. The lowest BCUT2D eigenvalue weighted by Crippen LogP contribution is -2.44. The van der Waals surface area contributed by atoms with E-state index in [2.05, 4.69) is 40.8 Å². The molecule has 0 aliphatic heterocycles. The van der Waals surface area contributed by atoms with Crippen LogP contribution in [-0.2, 0) is 9.22 Å². The predicted octanol–water partition coefficient (Wildman–Crippen LogP) is 4.32. The summed E-state index contributed by atoms with van der Waals surface area (Å²) in [6.07, 6.45) is 5.32. The van der Waals surface area contributed by atoms with Crippen molar-refractivity contribution in [3.05, 3.63) is 12.2 Å². The molecule has 0 N–H and O–H groups in total. The Bertz CT molecular complexity index is 274. The summed E-state index contributed by atoms with van der Waals surface area (Å²) in [5.41, 5.74) is 0. The zero-order chi connectivity index (χ0) is 13.7. The predicted molar refractivity (Wildman–Crippen MR) is 76.8 cm³/mol. The fourth-order valence-corrected chi connectivity index (χ4v) is 2.53. The Morgan fingerprint density at radius 3 is 2.29 bits per heavy atom. The number of hydrogen-bond acceptors (Lipinski definition) is 2. The van der Waals surface area contributed by atoms with Gasteiger partial charge in [0.1, 0.15) is 6.10 Å². The molecular formula is C14H28O2Si. The lowest BCUT2D eigenvalue weighted by atomic mass is 10.2. The van der Waals surface area contributed by atoms with Crippen molar-refractivity contribution in [1.29, 1.82) is 0 Å². The molecule has 0 amide bonds. The molecule has 1 atom stereocenters. The molecule has 2 nitrogen and oxygen atoms in total. The molecule has 0 bridgehead atoms.